The fourth-order valence-electron chi connectivity index (χ4n) is 1.11. The summed E-state index contributed by atoms with van der Waals surface area (Å²) in [5, 5.41) is 4.73. The van der Waals surface area contributed by atoms with Gasteiger partial charge in [0.25, 0.3) is 5.91 Å². The van der Waals surface area contributed by atoms with Gasteiger partial charge in [-0.05, 0) is 19.1 Å². The first kappa shape index (κ1) is 12.1. The molecular formula is C10H12FN3O2. The number of hydrogen-bond donors (Lipinski definition) is 2. The minimum atomic E-state index is -0.857. The molecule has 5 nitrogen and oxygen atoms in total. The van der Waals surface area contributed by atoms with Gasteiger partial charge in [-0.2, -0.15) is 4.39 Å². The molecule has 0 saturated heterocycles. The number of nitrogens with one attached hydrogen (secondary N) is 2. The largest absolute Gasteiger partial charge is 0.357 e. The summed E-state index contributed by atoms with van der Waals surface area (Å²) in [4.78, 5) is 26.0. The van der Waals surface area contributed by atoms with E-state index in [1.54, 1.807) is 0 Å². The average molecular weight is 225 g/mol. The molecule has 1 aromatic heterocycles. The molecule has 1 atom stereocenters. The van der Waals surface area contributed by atoms with Gasteiger partial charge in [0.1, 0.15) is 6.04 Å². The molecular weight excluding hydrogens is 213 g/mol. The monoisotopic (exact) mass is 225 g/mol. The van der Waals surface area contributed by atoms with E-state index in [1.807, 2.05) is 0 Å². The van der Waals surface area contributed by atoms with Crippen molar-refractivity contribution in [3.8, 4) is 0 Å². The first-order valence-electron chi connectivity index (χ1n) is 4.69. The van der Waals surface area contributed by atoms with Crippen LogP contribution in [0.5, 0.6) is 0 Å². The van der Waals surface area contributed by atoms with Crippen molar-refractivity contribution in [3.63, 3.8) is 0 Å². The molecule has 0 radical (unpaired) electrons. The topological polar surface area (TPSA) is 71.1 Å². The molecule has 0 fully saturated rings. The fraction of sp³-hybridized carbons (Fsp3) is 0.300. The molecule has 1 unspecified atom stereocenters. The molecule has 0 bridgehead atoms. The number of likely N-dealkylation sites (N-methyl/N-ethyl adjacent to an activating group) is 1. The van der Waals surface area contributed by atoms with E-state index in [9.17, 15) is 14.0 Å². The van der Waals surface area contributed by atoms with Gasteiger partial charge < -0.3 is 10.6 Å². The Balaban J connectivity index is 2.73. The molecule has 0 aromatic carbocycles. The fourth-order valence-corrected chi connectivity index (χ4v) is 1.11. The van der Waals surface area contributed by atoms with Crippen molar-refractivity contribution in [1.82, 2.24) is 15.6 Å². The van der Waals surface area contributed by atoms with E-state index in [-0.39, 0.29) is 11.5 Å². The van der Waals surface area contributed by atoms with Gasteiger partial charge in [-0.1, -0.05) is 0 Å². The van der Waals surface area contributed by atoms with E-state index >= 15 is 0 Å². The molecule has 6 heteroatoms. The van der Waals surface area contributed by atoms with E-state index < -0.39 is 17.9 Å². The van der Waals surface area contributed by atoms with Crippen molar-refractivity contribution in [2.45, 2.75) is 13.0 Å². The Morgan fingerprint density at radius 2 is 2.19 bits per heavy atom. The molecule has 1 rings (SSSR count). The van der Waals surface area contributed by atoms with Crippen LogP contribution in [-0.4, -0.2) is 29.9 Å². The van der Waals surface area contributed by atoms with E-state index in [4.69, 9.17) is 0 Å². The molecule has 0 aliphatic rings. The SMILES string of the molecule is CNC(=O)C(C)NC(=O)c1cccnc1F. The van der Waals surface area contributed by atoms with Crippen LogP contribution in [0.15, 0.2) is 18.3 Å². The highest BCUT2D eigenvalue weighted by Crippen LogP contribution is 2.02. The molecule has 1 aromatic rings. The summed E-state index contributed by atoms with van der Waals surface area (Å²) < 4.78 is 13.1. The zero-order valence-electron chi connectivity index (χ0n) is 8.95. The Morgan fingerprint density at radius 1 is 1.50 bits per heavy atom. The summed E-state index contributed by atoms with van der Waals surface area (Å²) in [6, 6.07) is 2.02. The number of rotatable bonds is 3. The molecule has 16 heavy (non-hydrogen) atoms. The smallest absolute Gasteiger partial charge is 0.256 e. The number of aromatic nitrogens is 1. The normalized spacial score (nSPS) is 11.7. The van der Waals surface area contributed by atoms with Gasteiger partial charge in [-0.15, -0.1) is 0 Å². The van der Waals surface area contributed by atoms with Crippen LogP contribution in [0.2, 0.25) is 0 Å². The van der Waals surface area contributed by atoms with Crippen LogP contribution in [0.1, 0.15) is 17.3 Å². The van der Waals surface area contributed by atoms with Crippen molar-refractivity contribution in [1.29, 1.82) is 0 Å². The van der Waals surface area contributed by atoms with E-state index in [2.05, 4.69) is 15.6 Å². The third kappa shape index (κ3) is 2.75. The highest BCUT2D eigenvalue weighted by molar-refractivity contribution is 5.97. The number of carbonyl (C=O) groups is 2. The lowest BCUT2D eigenvalue weighted by Gasteiger charge is -2.12. The summed E-state index contributed by atoms with van der Waals surface area (Å²) in [5.74, 6) is -1.87. The summed E-state index contributed by atoms with van der Waals surface area (Å²) >= 11 is 0. The van der Waals surface area contributed by atoms with Gasteiger partial charge >= 0.3 is 0 Å². The Morgan fingerprint density at radius 3 is 2.75 bits per heavy atom. The van der Waals surface area contributed by atoms with Crippen molar-refractivity contribution < 1.29 is 14.0 Å². The van der Waals surface area contributed by atoms with Gasteiger partial charge in [0.2, 0.25) is 11.9 Å². The molecule has 0 aliphatic carbocycles. The Kier molecular flexibility index (Phi) is 3.93. The zero-order valence-corrected chi connectivity index (χ0v) is 8.95. The minimum absolute atomic E-state index is 0.182. The van der Waals surface area contributed by atoms with Gasteiger partial charge in [0.05, 0.1) is 5.56 Å². The second-order valence-electron chi connectivity index (χ2n) is 3.15. The number of amides is 2. The first-order chi connectivity index (χ1) is 7.56. The van der Waals surface area contributed by atoms with Gasteiger partial charge in [0.15, 0.2) is 0 Å². The highest BCUT2D eigenvalue weighted by Gasteiger charge is 2.17. The zero-order chi connectivity index (χ0) is 12.1. The second kappa shape index (κ2) is 5.20. The molecule has 2 N–H and O–H groups in total. The van der Waals surface area contributed by atoms with Crippen molar-refractivity contribution in [2.24, 2.45) is 0 Å². The lowest BCUT2D eigenvalue weighted by Crippen LogP contribution is -2.43. The maximum atomic E-state index is 13.1. The second-order valence-corrected chi connectivity index (χ2v) is 3.15. The van der Waals surface area contributed by atoms with Crippen LogP contribution in [0, 0.1) is 5.95 Å². The summed E-state index contributed by atoms with van der Waals surface area (Å²) in [6.45, 7) is 1.50. The van der Waals surface area contributed by atoms with Gasteiger partial charge in [-0.25, -0.2) is 4.98 Å². The Hall–Kier alpha value is -1.98. The number of halogens is 1. The molecule has 2 amide bonds. The summed E-state index contributed by atoms with van der Waals surface area (Å²) in [7, 11) is 1.45. The number of carbonyl (C=O) groups excluding carboxylic acids is 2. The third-order valence-corrected chi connectivity index (χ3v) is 1.99. The number of pyridine rings is 1. The molecule has 0 saturated carbocycles. The number of nitrogens with zero attached hydrogens (tertiary/aromatic N) is 1. The predicted octanol–water partition coefficient (Wildman–Crippen LogP) is 0.0850. The lowest BCUT2D eigenvalue weighted by atomic mass is 10.2. The van der Waals surface area contributed by atoms with Gasteiger partial charge in [-0.3, -0.25) is 9.59 Å². The van der Waals surface area contributed by atoms with Crippen LogP contribution in [0.4, 0.5) is 4.39 Å². The van der Waals surface area contributed by atoms with E-state index in [0.717, 1.165) is 0 Å². The van der Waals surface area contributed by atoms with E-state index in [1.165, 1.54) is 32.3 Å². The third-order valence-electron chi connectivity index (χ3n) is 1.99. The Labute approximate surface area is 92.1 Å². The maximum absolute atomic E-state index is 13.1. The Bertz CT molecular complexity index is 409. The van der Waals surface area contributed by atoms with Crippen molar-refractivity contribution in [3.05, 3.63) is 29.8 Å². The quantitative estimate of drug-likeness (QED) is 0.716. The number of hydrogen-bond acceptors (Lipinski definition) is 3. The summed E-state index contributed by atoms with van der Waals surface area (Å²) in [5.41, 5.74) is -0.182. The maximum Gasteiger partial charge on any atom is 0.256 e. The lowest BCUT2D eigenvalue weighted by molar-refractivity contribution is -0.122. The first-order valence-corrected chi connectivity index (χ1v) is 4.69. The van der Waals surface area contributed by atoms with Crippen LogP contribution in [0.3, 0.4) is 0 Å². The average Bonchev–Trinajstić information content (AvgIpc) is 2.28. The molecule has 0 aliphatic heterocycles. The van der Waals surface area contributed by atoms with E-state index in [0.29, 0.717) is 0 Å². The predicted molar refractivity (Wildman–Crippen MR) is 55.2 cm³/mol. The minimum Gasteiger partial charge on any atom is -0.357 e. The van der Waals surface area contributed by atoms with Crippen molar-refractivity contribution >= 4 is 11.8 Å². The van der Waals surface area contributed by atoms with Gasteiger partial charge in [0, 0.05) is 13.2 Å². The summed E-state index contributed by atoms with van der Waals surface area (Å²) in [6.07, 6.45) is 1.24. The van der Waals surface area contributed by atoms with Crippen LogP contribution >= 0.6 is 0 Å². The molecule has 86 valence electrons. The van der Waals surface area contributed by atoms with Crippen molar-refractivity contribution in [2.75, 3.05) is 7.05 Å². The van der Waals surface area contributed by atoms with Crippen LogP contribution in [-0.2, 0) is 4.79 Å². The van der Waals surface area contributed by atoms with Crippen LogP contribution in [0.25, 0.3) is 0 Å². The highest BCUT2D eigenvalue weighted by atomic mass is 19.1. The standard InChI is InChI=1S/C10H12FN3O2/c1-6(9(15)12-2)14-10(16)7-4-3-5-13-8(7)11/h3-6H,1-2H3,(H,12,15)(H,14,16). The molecule has 1 heterocycles. The molecule has 0 spiro atoms. The van der Waals surface area contributed by atoms with Crippen LogP contribution < -0.4 is 10.6 Å².